The maximum Gasteiger partial charge on any atom is 0.406 e. The number of likely N-dealkylation sites (tertiary alicyclic amines) is 1. The van der Waals surface area contributed by atoms with Gasteiger partial charge < -0.3 is 10.6 Å². The second kappa shape index (κ2) is 4.16. The molecule has 0 spiro atoms. The van der Waals surface area contributed by atoms with Gasteiger partial charge in [-0.05, 0) is 12.8 Å². The van der Waals surface area contributed by atoms with Gasteiger partial charge in [-0.2, -0.15) is 13.2 Å². The summed E-state index contributed by atoms with van der Waals surface area (Å²) in [6, 6.07) is 0. The molecule has 0 bridgehead atoms. The number of hydrogen-bond donors (Lipinski definition) is 1. The van der Waals surface area contributed by atoms with Crippen molar-refractivity contribution in [1.29, 1.82) is 0 Å². The van der Waals surface area contributed by atoms with Crippen molar-refractivity contribution in [2.75, 3.05) is 19.6 Å². The third kappa shape index (κ3) is 2.87. The Kier molecular flexibility index (Phi) is 3.36. The molecule has 1 aliphatic heterocycles. The number of hydrogen-bond acceptors (Lipinski definition) is 2. The van der Waals surface area contributed by atoms with E-state index in [4.69, 9.17) is 5.73 Å². The van der Waals surface area contributed by atoms with E-state index in [-0.39, 0.29) is 13.1 Å². The lowest BCUT2D eigenvalue weighted by atomic mass is 9.97. The number of amides is 1. The number of nitrogens with two attached hydrogens (primary N) is 1. The molecule has 1 aliphatic rings. The van der Waals surface area contributed by atoms with Crippen molar-refractivity contribution in [1.82, 2.24) is 4.90 Å². The maximum atomic E-state index is 12.0. The van der Waals surface area contributed by atoms with Crippen LogP contribution < -0.4 is 5.73 Å². The Balaban J connectivity index is 2.57. The number of piperidine rings is 1. The molecule has 1 atom stereocenters. The van der Waals surface area contributed by atoms with E-state index in [1.807, 2.05) is 0 Å². The highest BCUT2D eigenvalue weighted by Crippen LogP contribution is 2.22. The fraction of sp³-hybridized carbons (Fsp3) is 0.875. The Morgan fingerprint density at radius 3 is 2.64 bits per heavy atom. The lowest BCUT2D eigenvalue weighted by molar-refractivity contribution is -0.166. The summed E-state index contributed by atoms with van der Waals surface area (Å²) in [6.45, 7) is -0.829. The lowest BCUT2D eigenvalue weighted by Crippen LogP contribution is -2.47. The van der Waals surface area contributed by atoms with Gasteiger partial charge in [0, 0.05) is 13.1 Å². The number of carbonyl (C=O) groups is 1. The van der Waals surface area contributed by atoms with E-state index in [9.17, 15) is 18.0 Å². The van der Waals surface area contributed by atoms with E-state index in [0.29, 0.717) is 12.8 Å². The number of alkyl halides is 3. The average molecular weight is 210 g/mol. The van der Waals surface area contributed by atoms with Gasteiger partial charge in [0.05, 0.1) is 5.92 Å². The molecule has 1 amide bonds. The summed E-state index contributed by atoms with van der Waals surface area (Å²) in [7, 11) is 0. The largest absolute Gasteiger partial charge is 0.406 e. The van der Waals surface area contributed by atoms with E-state index < -0.39 is 24.5 Å². The van der Waals surface area contributed by atoms with Gasteiger partial charge in [0.15, 0.2) is 0 Å². The summed E-state index contributed by atoms with van der Waals surface area (Å²) in [5.41, 5.74) is 5.29. The minimum absolute atomic E-state index is 0.132. The third-order valence-corrected chi connectivity index (χ3v) is 2.30. The Labute approximate surface area is 80.0 Å². The zero-order valence-electron chi connectivity index (χ0n) is 7.68. The van der Waals surface area contributed by atoms with Crippen LogP contribution in [0.5, 0.6) is 0 Å². The molecule has 0 aromatic heterocycles. The Morgan fingerprint density at radius 1 is 1.50 bits per heavy atom. The van der Waals surface area contributed by atoms with Crippen LogP contribution in [0.2, 0.25) is 0 Å². The van der Waals surface area contributed by atoms with E-state index in [1.165, 1.54) is 0 Å². The zero-order valence-corrected chi connectivity index (χ0v) is 7.68. The van der Waals surface area contributed by atoms with E-state index >= 15 is 0 Å². The number of nitrogens with zero attached hydrogens (tertiary/aromatic N) is 1. The highest BCUT2D eigenvalue weighted by molar-refractivity contribution is 5.79. The minimum Gasteiger partial charge on any atom is -0.333 e. The number of carbonyl (C=O) groups excluding carboxylic acids is 1. The Hall–Kier alpha value is -0.780. The molecule has 0 saturated carbocycles. The monoisotopic (exact) mass is 210 g/mol. The van der Waals surface area contributed by atoms with Gasteiger partial charge in [-0.3, -0.25) is 4.79 Å². The highest BCUT2D eigenvalue weighted by Gasteiger charge is 2.36. The number of rotatable bonds is 2. The van der Waals surface area contributed by atoms with Gasteiger partial charge >= 0.3 is 6.18 Å². The van der Waals surface area contributed by atoms with Gasteiger partial charge in [0.1, 0.15) is 6.54 Å². The SMILES string of the molecule is NCC1CCCN(CC(F)(F)F)C1=O. The van der Waals surface area contributed by atoms with Crippen molar-refractivity contribution in [2.45, 2.75) is 19.0 Å². The first-order valence-corrected chi connectivity index (χ1v) is 4.49. The van der Waals surface area contributed by atoms with Crippen molar-refractivity contribution in [3.05, 3.63) is 0 Å². The molecule has 6 heteroatoms. The van der Waals surface area contributed by atoms with Crippen molar-refractivity contribution in [3.8, 4) is 0 Å². The van der Waals surface area contributed by atoms with Crippen molar-refractivity contribution >= 4 is 5.91 Å². The van der Waals surface area contributed by atoms with Gasteiger partial charge in [0.2, 0.25) is 5.91 Å². The molecular weight excluding hydrogens is 197 g/mol. The lowest BCUT2D eigenvalue weighted by Gasteiger charge is -2.32. The summed E-state index contributed by atoms with van der Waals surface area (Å²) in [5.74, 6) is -0.887. The molecule has 0 aliphatic carbocycles. The molecule has 1 rings (SSSR count). The molecule has 1 unspecified atom stereocenters. The summed E-state index contributed by atoms with van der Waals surface area (Å²) in [5, 5.41) is 0. The molecule has 1 fully saturated rings. The summed E-state index contributed by atoms with van der Waals surface area (Å²) < 4.78 is 36.1. The fourth-order valence-corrected chi connectivity index (χ4v) is 1.61. The van der Waals surface area contributed by atoms with Gasteiger partial charge in [-0.25, -0.2) is 0 Å². The van der Waals surface area contributed by atoms with Crippen LogP contribution in [0.3, 0.4) is 0 Å². The normalized spacial score (nSPS) is 24.1. The molecule has 3 nitrogen and oxygen atoms in total. The predicted molar refractivity (Wildman–Crippen MR) is 44.4 cm³/mol. The second-order valence-electron chi connectivity index (χ2n) is 3.45. The first kappa shape index (κ1) is 11.3. The van der Waals surface area contributed by atoms with Gasteiger partial charge in [-0.1, -0.05) is 0 Å². The van der Waals surface area contributed by atoms with Crippen LogP contribution in [-0.2, 0) is 4.79 Å². The highest BCUT2D eigenvalue weighted by atomic mass is 19.4. The molecular formula is C8H13F3N2O. The van der Waals surface area contributed by atoms with Gasteiger partial charge in [-0.15, -0.1) is 0 Å². The Bertz CT molecular complexity index is 217. The van der Waals surface area contributed by atoms with Crippen molar-refractivity contribution in [2.24, 2.45) is 11.7 Å². The van der Waals surface area contributed by atoms with Crippen LogP contribution in [0.25, 0.3) is 0 Å². The fourth-order valence-electron chi connectivity index (χ4n) is 1.61. The van der Waals surface area contributed by atoms with Crippen LogP contribution >= 0.6 is 0 Å². The predicted octanol–water partition coefficient (Wildman–Crippen LogP) is 0.746. The smallest absolute Gasteiger partial charge is 0.333 e. The molecule has 82 valence electrons. The van der Waals surface area contributed by atoms with E-state index in [0.717, 1.165) is 4.90 Å². The molecule has 1 saturated heterocycles. The number of halogens is 3. The molecule has 1 heterocycles. The van der Waals surface area contributed by atoms with Crippen LogP contribution in [0, 0.1) is 5.92 Å². The molecule has 0 aromatic rings. The average Bonchev–Trinajstić information content (AvgIpc) is 2.06. The topological polar surface area (TPSA) is 46.3 Å². The van der Waals surface area contributed by atoms with Crippen LogP contribution in [0.1, 0.15) is 12.8 Å². The van der Waals surface area contributed by atoms with Crippen LogP contribution in [0.4, 0.5) is 13.2 Å². The van der Waals surface area contributed by atoms with E-state index in [2.05, 4.69) is 0 Å². The Morgan fingerprint density at radius 2 is 2.14 bits per heavy atom. The molecule has 0 aromatic carbocycles. The summed E-state index contributed by atoms with van der Waals surface area (Å²) >= 11 is 0. The third-order valence-electron chi connectivity index (χ3n) is 2.30. The molecule has 2 N–H and O–H groups in total. The molecule has 14 heavy (non-hydrogen) atoms. The van der Waals surface area contributed by atoms with Gasteiger partial charge in [0.25, 0.3) is 0 Å². The zero-order chi connectivity index (χ0) is 10.8. The summed E-state index contributed by atoms with van der Waals surface area (Å²) in [6.07, 6.45) is -3.11. The first-order chi connectivity index (χ1) is 6.44. The van der Waals surface area contributed by atoms with Crippen LogP contribution in [0.15, 0.2) is 0 Å². The van der Waals surface area contributed by atoms with Crippen molar-refractivity contribution < 1.29 is 18.0 Å². The maximum absolute atomic E-state index is 12.0. The quantitative estimate of drug-likeness (QED) is 0.730. The second-order valence-corrected chi connectivity index (χ2v) is 3.45. The standard InChI is InChI=1S/C8H13F3N2O/c9-8(10,11)5-13-3-1-2-6(4-12)7(13)14/h6H,1-5,12H2. The minimum atomic E-state index is -4.31. The first-order valence-electron chi connectivity index (χ1n) is 4.49. The van der Waals surface area contributed by atoms with Crippen molar-refractivity contribution in [3.63, 3.8) is 0 Å². The summed E-state index contributed by atoms with van der Waals surface area (Å²) in [4.78, 5) is 12.2. The van der Waals surface area contributed by atoms with Crippen LogP contribution in [-0.4, -0.2) is 36.6 Å². The van der Waals surface area contributed by atoms with E-state index in [1.54, 1.807) is 0 Å². The molecule has 0 radical (unpaired) electrons.